The second-order valence-corrected chi connectivity index (χ2v) is 6.76. The topological polar surface area (TPSA) is 59.1 Å². The first-order chi connectivity index (χ1) is 12.1. The van der Waals surface area contributed by atoms with Gasteiger partial charge in [0.2, 0.25) is 5.91 Å². The number of methoxy groups -OCH3 is 1. The summed E-state index contributed by atoms with van der Waals surface area (Å²) in [4.78, 5) is 28.3. The minimum Gasteiger partial charge on any atom is -0.497 e. The fourth-order valence-corrected chi connectivity index (χ4v) is 3.52. The molecule has 136 valence electrons. The Hall–Kier alpha value is -2.08. The van der Waals surface area contributed by atoms with Gasteiger partial charge in [-0.1, -0.05) is 12.1 Å². The van der Waals surface area contributed by atoms with Gasteiger partial charge in [-0.2, -0.15) is 0 Å². The van der Waals surface area contributed by atoms with E-state index in [0.717, 1.165) is 37.2 Å². The maximum absolute atomic E-state index is 12.4. The van der Waals surface area contributed by atoms with Crippen molar-refractivity contribution in [3.05, 3.63) is 29.8 Å². The van der Waals surface area contributed by atoms with Gasteiger partial charge in [-0.05, 0) is 31.0 Å². The summed E-state index contributed by atoms with van der Waals surface area (Å²) in [5.41, 5.74) is 1.13. The SMILES string of the molecule is COc1ccc(CCC(=O)N2CCN([C@@H]3C[C@@H](C)OC3=O)CC2)cc1. The summed E-state index contributed by atoms with van der Waals surface area (Å²) in [7, 11) is 1.64. The number of rotatable bonds is 5. The Labute approximate surface area is 148 Å². The molecule has 0 spiro atoms. The number of hydrogen-bond donors (Lipinski definition) is 0. The third kappa shape index (κ3) is 4.31. The molecule has 25 heavy (non-hydrogen) atoms. The van der Waals surface area contributed by atoms with Crippen LogP contribution in [0.2, 0.25) is 0 Å². The van der Waals surface area contributed by atoms with E-state index in [1.165, 1.54) is 0 Å². The van der Waals surface area contributed by atoms with Gasteiger partial charge in [0.1, 0.15) is 17.9 Å². The van der Waals surface area contributed by atoms with Crippen LogP contribution in [0.5, 0.6) is 5.75 Å². The molecule has 1 amide bonds. The molecule has 1 aromatic carbocycles. The average Bonchev–Trinajstić information content (AvgIpc) is 2.98. The van der Waals surface area contributed by atoms with Crippen molar-refractivity contribution in [1.29, 1.82) is 0 Å². The molecule has 0 bridgehead atoms. The number of cyclic esters (lactones) is 1. The molecule has 0 unspecified atom stereocenters. The summed E-state index contributed by atoms with van der Waals surface area (Å²) in [5, 5.41) is 0. The molecule has 0 aliphatic carbocycles. The predicted octanol–water partition coefficient (Wildman–Crippen LogP) is 1.48. The van der Waals surface area contributed by atoms with Gasteiger partial charge in [0, 0.05) is 39.0 Å². The smallest absolute Gasteiger partial charge is 0.323 e. The number of carbonyl (C=O) groups excluding carboxylic acids is 2. The minimum absolute atomic E-state index is 0.00154. The normalized spacial score (nSPS) is 24.2. The summed E-state index contributed by atoms with van der Waals surface area (Å²) in [6, 6.07) is 7.69. The van der Waals surface area contributed by atoms with E-state index in [9.17, 15) is 9.59 Å². The molecule has 6 heteroatoms. The number of amides is 1. The first-order valence-corrected chi connectivity index (χ1v) is 8.92. The Kier molecular flexibility index (Phi) is 5.58. The Bertz CT molecular complexity index is 608. The monoisotopic (exact) mass is 346 g/mol. The average molecular weight is 346 g/mol. The Balaban J connectivity index is 1.44. The number of carbonyl (C=O) groups is 2. The second kappa shape index (κ2) is 7.87. The second-order valence-electron chi connectivity index (χ2n) is 6.76. The van der Waals surface area contributed by atoms with Crippen LogP contribution in [0.3, 0.4) is 0 Å². The summed E-state index contributed by atoms with van der Waals surface area (Å²) in [6.45, 7) is 4.76. The van der Waals surface area contributed by atoms with Crippen LogP contribution in [-0.2, 0) is 20.7 Å². The van der Waals surface area contributed by atoms with E-state index >= 15 is 0 Å². The molecule has 2 aliphatic rings. The van der Waals surface area contributed by atoms with E-state index < -0.39 is 0 Å². The molecule has 0 saturated carbocycles. The van der Waals surface area contributed by atoms with Crippen molar-refractivity contribution in [2.45, 2.75) is 38.3 Å². The Morgan fingerprint density at radius 1 is 1.20 bits per heavy atom. The molecule has 0 radical (unpaired) electrons. The van der Waals surface area contributed by atoms with Crippen molar-refractivity contribution in [3.63, 3.8) is 0 Å². The van der Waals surface area contributed by atoms with Gasteiger partial charge in [0.05, 0.1) is 7.11 Å². The largest absolute Gasteiger partial charge is 0.497 e. The van der Waals surface area contributed by atoms with Crippen LogP contribution in [0.15, 0.2) is 24.3 Å². The first kappa shape index (κ1) is 17.7. The van der Waals surface area contributed by atoms with E-state index in [2.05, 4.69) is 4.90 Å². The zero-order chi connectivity index (χ0) is 17.8. The fourth-order valence-electron chi connectivity index (χ4n) is 3.52. The van der Waals surface area contributed by atoms with E-state index in [0.29, 0.717) is 19.5 Å². The van der Waals surface area contributed by atoms with Crippen LogP contribution >= 0.6 is 0 Å². The molecule has 2 fully saturated rings. The number of piperazine rings is 1. The lowest BCUT2D eigenvalue weighted by molar-refractivity contribution is -0.145. The van der Waals surface area contributed by atoms with Gasteiger partial charge < -0.3 is 14.4 Å². The quantitative estimate of drug-likeness (QED) is 0.756. The molecule has 1 aromatic rings. The zero-order valence-corrected chi connectivity index (χ0v) is 14.9. The molecule has 3 rings (SSSR count). The lowest BCUT2D eigenvalue weighted by Gasteiger charge is -2.36. The van der Waals surface area contributed by atoms with Crippen molar-refractivity contribution in [2.24, 2.45) is 0 Å². The highest BCUT2D eigenvalue weighted by Crippen LogP contribution is 2.21. The maximum Gasteiger partial charge on any atom is 0.323 e. The molecule has 6 nitrogen and oxygen atoms in total. The van der Waals surface area contributed by atoms with E-state index in [1.54, 1.807) is 7.11 Å². The number of hydrogen-bond acceptors (Lipinski definition) is 5. The Morgan fingerprint density at radius 2 is 1.88 bits per heavy atom. The number of aryl methyl sites for hydroxylation is 1. The van der Waals surface area contributed by atoms with Crippen LogP contribution in [0.4, 0.5) is 0 Å². The van der Waals surface area contributed by atoms with Crippen molar-refractivity contribution < 1.29 is 19.1 Å². The lowest BCUT2D eigenvalue weighted by Crippen LogP contribution is -2.53. The molecule has 0 aromatic heterocycles. The molecular weight excluding hydrogens is 320 g/mol. The molecule has 2 aliphatic heterocycles. The van der Waals surface area contributed by atoms with Gasteiger partial charge in [0.15, 0.2) is 0 Å². The van der Waals surface area contributed by atoms with Crippen LogP contribution in [-0.4, -0.2) is 67.1 Å². The van der Waals surface area contributed by atoms with E-state index in [1.807, 2.05) is 36.1 Å². The van der Waals surface area contributed by atoms with Crippen molar-refractivity contribution >= 4 is 11.9 Å². The van der Waals surface area contributed by atoms with Gasteiger partial charge in [0.25, 0.3) is 0 Å². The molecule has 2 saturated heterocycles. The maximum atomic E-state index is 12.4. The van der Waals surface area contributed by atoms with Crippen LogP contribution < -0.4 is 4.74 Å². The van der Waals surface area contributed by atoms with Crippen LogP contribution in [0.1, 0.15) is 25.3 Å². The number of benzene rings is 1. The first-order valence-electron chi connectivity index (χ1n) is 8.92. The summed E-state index contributed by atoms with van der Waals surface area (Å²) in [6.07, 6.45) is 2.00. The minimum atomic E-state index is -0.133. The summed E-state index contributed by atoms with van der Waals surface area (Å²) >= 11 is 0. The molecular formula is C19H26N2O4. The third-order valence-electron chi connectivity index (χ3n) is 5.04. The van der Waals surface area contributed by atoms with Crippen LogP contribution in [0.25, 0.3) is 0 Å². The highest BCUT2D eigenvalue weighted by atomic mass is 16.6. The van der Waals surface area contributed by atoms with Gasteiger partial charge in [-0.25, -0.2) is 0 Å². The summed E-state index contributed by atoms with van der Waals surface area (Å²) < 4.78 is 10.4. The number of esters is 1. The lowest BCUT2D eigenvalue weighted by atomic mass is 10.1. The van der Waals surface area contributed by atoms with Gasteiger partial charge in [-0.3, -0.25) is 14.5 Å². The van der Waals surface area contributed by atoms with E-state index in [-0.39, 0.29) is 24.0 Å². The fraction of sp³-hybridized carbons (Fsp3) is 0.579. The van der Waals surface area contributed by atoms with Gasteiger partial charge >= 0.3 is 5.97 Å². The third-order valence-corrected chi connectivity index (χ3v) is 5.04. The van der Waals surface area contributed by atoms with Crippen molar-refractivity contribution in [3.8, 4) is 5.75 Å². The number of nitrogens with zero attached hydrogens (tertiary/aromatic N) is 2. The number of ether oxygens (including phenoxy) is 2. The highest BCUT2D eigenvalue weighted by Gasteiger charge is 2.37. The molecule has 0 N–H and O–H groups in total. The highest BCUT2D eigenvalue weighted by molar-refractivity contribution is 5.78. The molecule has 2 atom stereocenters. The van der Waals surface area contributed by atoms with Crippen LogP contribution in [0, 0.1) is 0 Å². The Morgan fingerprint density at radius 3 is 2.44 bits per heavy atom. The molecule has 2 heterocycles. The zero-order valence-electron chi connectivity index (χ0n) is 14.9. The van der Waals surface area contributed by atoms with Crippen molar-refractivity contribution in [1.82, 2.24) is 9.80 Å². The summed E-state index contributed by atoms with van der Waals surface area (Å²) in [5.74, 6) is 0.885. The van der Waals surface area contributed by atoms with Crippen molar-refractivity contribution in [2.75, 3.05) is 33.3 Å². The van der Waals surface area contributed by atoms with E-state index in [4.69, 9.17) is 9.47 Å². The van der Waals surface area contributed by atoms with Gasteiger partial charge in [-0.15, -0.1) is 0 Å². The standard InChI is InChI=1S/C19H26N2O4/c1-14-13-17(19(23)25-14)20-9-11-21(12-10-20)18(22)8-5-15-3-6-16(24-2)7-4-15/h3-4,6-7,14,17H,5,8-13H2,1-2H3/t14-,17-/m1/s1. The predicted molar refractivity (Wildman–Crippen MR) is 93.4 cm³/mol.